The third-order valence-corrected chi connectivity index (χ3v) is 3.71. The Bertz CT molecular complexity index is 480. The molecule has 2 nitrogen and oxygen atoms in total. The fourth-order valence-corrected chi connectivity index (χ4v) is 2.41. The van der Waals surface area contributed by atoms with Crippen molar-refractivity contribution in [3.05, 3.63) is 29.3 Å². The first kappa shape index (κ1) is 15.7. The average molecular weight is 288 g/mol. The molecule has 0 saturated carbocycles. The van der Waals surface area contributed by atoms with Gasteiger partial charge in [-0.15, -0.1) is 0 Å². The number of alkyl halides is 3. The lowest BCUT2D eigenvalue weighted by molar-refractivity contribution is -0.137. The molecule has 0 aliphatic rings. The van der Waals surface area contributed by atoms with Gasteiger partial charge in [-0.25, -0.2) is 0 Å². The molecule has 1 atom stereocenters. The molecule has 104 valence electrons. The first-order valence-electron chi connectivity index (χ1n) is 5.64. The second kappa shape index (κ2) is 6.20. The van der Waals surface area contributed by atoms with Crippen molar-refractivity contribution in [3.8, 4) is 6.07 Å². The molecule has 0 bridgehead atoms. The molecule has 0 radical (unpaired) electrons. The van der Waals surface area contributed by atoms with Gasteiger partial charge in [-0.2, -0.15) is 30.2 Å². The normalized spacial score (nSPS) is 12.9. The summed E-state index contributed by atoms with van der Waals surface area (Å²) < 4.78 is 37.8. The Balaban J connectivity index is 3.13. The molecule has 0 aliphatic carbocycles. The molecule has 0 aromatic heterocycles. The Labute approximate surface area is 115 Å². The van der Waals surface area contributed by atoms with Crippen LogP contribution in [-0.4, -0.2) is 25.1 Å². The fraction of sp³-hybridized carbons (Fsp3) is 0.462. The minimum Gasteiger partial charge on any atom is -0.370 e. The van der Waals surface area contributed by atoms with Crippen molar-refractivity contribution in [1.82, 2.24) is 0 Å². The van der Waals surface area contributed by atoms with Gasteiger partial charge in [-0.3, -0.25) is 0 Å². The standard InChI is InChI=1S/C13H15F3N2S/c1-9(8-19-3)18(2)12-5-4-11(13(14,15)16)6-10(12)7-17/h4-6,9H,8H2,1-3H3. The molecule has 1 aromatic rings. The Morgan fingerprint density at radius 3 is 2.53 bits per heavy atom. The van der Waals surface area contributed by atoms with Crippen LogP contribution in [0.2, 0.25) is 0 Å². The molecule has 1 aromatic carbocycles. The maximum atomic E-state index is 12.6. The molecule has 0 spiro atoms. The van der Waals surface area contributed by atoms with E-state index < -0.39 is 11.7 Å². The first-order valence-corrected chi connectivity index (χ1v) is 7.03. The van der Waals surface area contributed by atoms with Crippen molar-refractivity contribution in [2.75, 3.05) is 24.0 Å². The molecule has 0 heterocycles. The average Bonchev–Trinajstić information content (AvgIpc) is 2.36. The Morgan fingerprint density at radius 2 is 2.05 bits per heavy atom. The summed E-state index contributed by atoms with van der Waals surface area (Å²) in [7, 11) is 1.78. The summed E-state index contributed by atoms with van der Waals surface area (Å²) in [5.74, 6) is 0.836. The molecule has 19 heavy (non-hydrogen) atoms. The molecule has 1 unspecified atom stereocenters. The molecule has 0 aliphatic heterocycles. The summed E-state index contributed by atoms with van der Waals surface area (Å²) in [4.78, 5) is 1.83. The van der Waals surface area contributed by atoms with E-state index in [0.29, 0.717) is 5.69 Å². The summed E-state index contributed by atoms with van der Waals surface area (Å²) in [6, 6.07) is 5.25. The van der Waals surface area contributed by atoms with Crippen LogP contribution in [0, 0.1) is 11.3 Å². The highest BCUT2D eigenvalue weighted by molar-refractivity contribution is 7.98. The fourth-order valence-electron chi connectivity index (χ4n) is 1.70. The summed E-state index contributed by atoms with van der Waals surface area (Å²) in [6.07, 6.45) is -2.46. The maximum Gasteiger partial charge on any atom is 0.416 e. The van der Waals surface area contributed by atoms with Gasteiger partial charge in [-0.1, -0.05) is 0 Å². The van der Waals surface area contributed by atoms with E-state index >= 15 is 0 Å². The topological polar surface area (TPSA) is 27.0 Å². The molecular formula is C13H15F3N2S. The number of benzene rings is 1. The van der Waals surface area contributed by atoms with Crippen molar-refractivity contribution in [3.63, 3.8) is 0 Å². The highest BCUT2D eigenvalue weighted by Gasteiger charge is 2.31. The third kappa shape index (κ3) is 3.80. The molecule has 1 rings (SSSR count). The van der Waals surface area contributed by atoms with Crippen LogP contribution < -0.4 is 4.90 Å². The van der Waals surface area contributed by atoms with Gasteiger partial charge in [-0.05, 0) is 31.4 Å². The zero-order valence-electron chi connectivity index (χ0n) is 11.0. The second-order valence-corrected chi connectivity index (χ2v) is 5.17. The van der Waals surface area contributed by atoms with E-state index in [2.05, 4.69) is 0 Å². The summed E-state index contributed by atoms with van der Waals surface area (Å²) in [6.45, 7) is 1.97. The van der Waals surface area contributed by atoms with Gasteiger partial charge < -0.3 is 4.90 Å². The van der Waals surface area contributed by atoms with E-state index in [1.807, 2.05) is 24.1 Å². The predicted molar refractivity (Wildman–Crippen MR) is 72.4 cm³/mol. The Morgan fingerprint density at radius 1 is 1.42 bits per heavy atom. The highest BCUT2D eigenvalue weighted by atomic mass is 32.2. The van der Waals surface area contributed by atoms with Crippen molar-refractivity contribution in [2.45, 2.75) is 19.1 Å². The van der Waals surface area contributed by atoms with E-state index in [9.17, 15) is 13.2 Å². The molecular weight excluding hydrogens is 273 g/mol. The van der Waals surface area contributed by atoms with Gasteiger partial charge in [0.05, 0.1) is 16.8 Å². The van der Waals surface area contributed by atoms with Gasteiger partial charge in [0.25, 0.3) is 0 Å². The Hall–Kier alpha value is -1.35. The van der Waals surface area contributed by atoms with E-state index in [1.54, 1.807) is 18.8 Å². The zero-order valence-corrected chi connectivity index (χ0v) is 11.8. The third-order valence-electron chi connectivity index (χ3n) is 2.89. The number of rotatable bonds is 4. The lowest BCUT2D eigenvalue weighted by atomic mass is 10.1. The van der Waals surface area contributed by atoms with E-state index in [4.69, 9.17) is 5.26 Å². The van der Waals surface area contributed by atoms with Crippen LogP contribution in [0.25, 0.3) is 0 Å². The van der Waals surface area contributed by atoms with Gasteiger partial charge in [0.1, 0.15) is 6.07 Å². The van der Waals surface area contributed by atoms with Crippen LogP contribution in [0.4, 0.5) is 18.9 Å². The lowest BCUT2D eigenvalue weighted by Gasteiger charge is -2.27. The van der Waals surface area contributed by atoms with Gasteiger partial charge in [0.2, 0.25) is 0 Å². The van der Waals surface area contributed by atoms with Crippen LogP contribution in [0.3, 0.4) is 0 Å². The number of nitriles is 1. The monoisotopic (exact) mass is 288 g/mol. The number of hydrogen-bond donors (Lipinski definition) is 0. The van der Waals surface area contributed by atoms with Crippen molar-refractivity contribution in [2.24, 2.45) is 0 Å². The minimum atomic E-state index is -4.42. The van der Waals surface area contributed by atoms with Gasteiger partial charge in [0.15, 0.2) is 0 Å². The second-order valence-electron chi connectivity index (χ2n) is 4.26. The highest BCUT2D eigenvalue weighted by Crippen LogP contribution is 2.32. The Kier molecular flexibility index (Phi) is 5.12. The van der Waals surface area contributed by atoms with Gasteiger partial charge >= 0.3 is 6.18 Å². The molecule has 6 heteroatoms. The quantitative estimate of drug-likeness (QED) is 0.844. The largest absolute Gasteiger partial charge is 0.416 e. The number of nitrogens with zero attached hydrogens (tertiary/aromatic N) is 2. The summed E-state index contributed by atoms with van der Waals surface area (Å²) in [5.41, 5.74) is -0.221. The van der Waals surface area contributed by atoms with Crippen LogP contribution in [0.5, 0.6) is 0 Å². The smallest absolute Gasteiger partial charge is 0.370 e. The minimum absolute atomic E-state index is 0.0466. The molecule has 0 N–H and O–H groups in total. The maximum absolute atomic E-state index is 12.6. The molecule has 0 saturated heterocycles. The summed E-state index contributed by atoms with van der Waals surface area (Å²) >= 11 is 1.65. The van der Waals surface area contributed by atoms with Crippen LogP contribution in [-0.2, 0) is 6.18 Å². The predicted octanol–water partition coefficient (Wildman–Crippen LogP) is 3.76. The molecule has 0 fully saturated rings. The van der Waals surface area contributed by atoms with Crippen LogP contribution in [0.15, 0.2) is 18.2 Å². The number of hydrogen-bond acceptors (Lipinski definition) is 3. The van der Waals surface area contributed by atoms with E-state index in [1.165, 1.54) is 6.07 Å². The first-order chi connectivity index (χ1) is 8.81. The van der Waals surface area contributed by atoms with Gasteiger partial charge in [0, 0.05) is 18.8 Å². The SMILES string of the molecule is CSCC(C)N(C)c1ccc(C(F)(F)F)cc1C#N. The van der Waals surface area contributed by atoms with Crippen LogP contribution >= 0.6 is 11.8 Å². The van der Waals surface area contributed by atoms with Crippen molar-refractivity contribution in [1.29, 1.82) is 5.26 Å². The summed E-state index contributed by atoms with van der Waals surface area (Å²) in [5, 5.41) is 9.02. The number of thioether (sulfide) groups is 1. The lowest BCUT2D eigenvalue weighted by Crippen LogP contribution is -2.31. The zero-order chi connectivity index (χ0) is 14.6. The van der Waals surface area contributed by atoms with Crippen molar-refractivity contribution < 1.29 is 13.2 Å². The van der Waals surface area contributed by atoms with Crippen LogP contribution in [0.1, 0.15) is 18.1 Å². The van der Waals surface area contributed by atoms with Crippen molar-refractivity contribution >= 4 is 17.4 Å². The number of anilines is 1. The molecule has 0 amide bonds. The van der Waals surface area contributed by atoms with E-state index in [0.717, 1.165) is 17.9 Å². The van der Waals surface area contributed by atoms with E-state index in [-0.39, 0.29) is 11.6 Å². The number of halogens is 3.